The number of nitrogen functional groups attached to an aromatic ring is 2. The van der Waals surface area contributed by atoms with Gasteiger partial charge in [0.1, 0.15) is 92.0 Å². The molecule has 2 fully saturated rings. The highest BCUT2D eigenvalue weighted by molar-refractivity contribution is 7.67. The van der Waals surface area contributed by atoms with Gasteiger partial charge < -0.3 is 134 Å². The Labute approximate surface area is 701 Å². The second-order valence-electron chi connectivity index (χ2n) is 25.0. The minimum atomic E-state index is -5.85. The molecule has 680 valence electrons. The minimum Gasteiger partial charge on any atom is -0.756 e. The Hall–Kier alpha value is -9.60. The number of amides is 5. The van der Waals surface area contributed by atoms with Crippen molar-refractivity contribution in [1.29, 1.82) is 0 Å². The molecule has 2 aliphatic heterocycles. The van der Waals surface area contributed by atoms with E-state index in [9.17, 15) is 85.4 Å². The number of nitrogens with two attached hydrogens (primary N) is 2. The van der Waals surface area contributed by atoms with E-state index in [1.165, 1.54) is 52.7 Å². The SMILES string of the molecule is COC1CC(n2cc(C#CCNC(=O)COCCOC(COc3cccc(C(=O)NCCCC(C)=O)c3)N=[N+]=[N-])c(N)nc2=O)O[C@H]1COP(=O)(O)OP(=O)(O)OP(=O)([O-])O.COC1CC(n2cc(C#CCNC(=O)COCCOC(COc3cccc(C(=O)NCCNC(C)=O)c3)N=[N+]=[N-])c3c(N)ncnc32)OC1COP(=O)(O)OP(=O)(O)OP(=O)(O)O. The summed E-state index contributed by atoms with van der Waals surface area (Å²) >= 11 is 0. The Kier molecular flexibility index (Phi) is 41.5. The van der Waals surface area contributed by atoms with Crippen LogP contribution in [0.4, 0.5) is 11.6 Å². The lowest BCUT2D eigenvalue weighted by atomic mass is 10.2. The highest BCUT2D eigenvalue weighted by Gasteiger charge is 2.45. The molecular weight excluding hydrogens is 1790 g/mol. The van der Waals surface area contributed by atoms with Crippen molar-refractivity contribution in [2.75, 3.05) is 124 Å². The molecule has 7 rings (SSSR count). The number of ketones is 1. The summed E-state index contributed by atoms with van der Waals surface area (Å²) in [6, 6.07) is 12.5. The van der Waals surface area contributed by atoms with Gasteiger partial charge in [0, 0.05) is 93.4 Å². The number of nitrogens with one attached hydrogen (secondary N) is 5. The number of ether oxygens (including phenoxy) is 10. The third kappa shape index (κ3) is 37.7. The highest BCUT2D eigenvalue weighted by atomic mass is 31.3. The number of hydrogen-bond acceptors (Lipinski definition) is 37. The fraction of sp³-hybridized carbons (Fsp3) is 0.492. The van der Waals surface area contributed by atoms with Crippen molar-refractivity contribution in [3.05, 3.63) is 121 Å². The third-order valence-corrected chi connectivity index (χ3v) is 23.3. The largest absolute Gasteiger partial charge is 0.756 e. The van der Waals surface area contributed by atoms with Crippen LogP contribution in [0.2, 0.25) is 0 Å². The molecule has 2 saturated heterocycles. The molecule has 5 heterocycles. The van der Waals surface area contributed by atoms with Gasteiger partial charge in [-0.15, -0.1) is 0 Å². The van der Waals surface area contributed by atoms with Crippen LogP contribution in [0.15, 0.2) is 82.3 Å². The van der Waals surface area contributed by atoms with Gasteiger partial charge in [-0.25, -0.2) is 41.9 Å². The number of rotatable bonds is 49. The zero-order valence-corrected chi connectivity index (χ0v) is 70.9. The van der Waals surface area contributed by atoms with E-state index >= 15 is 0 Å². The molecule has 2 aliphatic rings. The summed E-state index contributed by atoms with van der Waals surface area (Å²) in [5.41, 5.74) is 30.2. The first-order valence-electron chi connectivity index (χ1n) is 35.7. The molecule has 0 spiro atoms. The summed E-state index contributed by atoms with van der Waals surface area (Å²) in [6.07, 6.45) is -3.26. The number of carbonyl (C=O) groups excluding carboxylic acids is 6. The first-order valence-corrected chi connectivity index (χ1v) is 44.7. The average molecular weight is 1870 g/mol. The summed E-state index contributed by atoms with van der Waals surface area (Å²) in [6.45, 7) is 0.268. The van der Waals surface area contributed by atoms with Crippen molar-refractivity contribution in [2.45, 2.75) is 88.9 Å². The van der Waals surface area contributed by atoms with Crippen LogP contribution >= 0.6 is 46.9 Å². The van der Waals surface area contributed by atoms with Crippen molar-refractivity contribution in [3.8, 4) is 35.2 Å². The number of phosphoric ester groups is 2. The van der Waals surface area contributed by atoms with E-state index in [4.69, 9.17) is 89.1 Å². The van der Waals surface area contributed by atoms with E-state index < -0.39 is 134 Å². The van der Waals surface area contributed by atoms with Crippen molar-refractivity contribution < 1.29 is 169 Å². The number of benzene rings is 2. The Balaban J connectivity index is 0.000000384. The van der Waals surface area contributed by atoms with Crippen molar-refractivity contribution in [1.82, 2.24) is 50.7 Å². The van der Waals surface area contributed by atoms with E-state index in [1.54, 1.807) is 47.2 Å². The lowest BCUT2D eigenvalue weighted by Crippen LogP contribution is -2.33. The van der Waals surface area contributed by atoms with Crippen LogP contribution < -0.4 is 58.1 Å². The summed E-state index contributed by atoms with van der Waals surface area (Å²) in [5, 5.41) is 20.4. The lowest BCUT2D eigenvalue weighted by Gasteiger charge is -2.22. The fourth-order valence-corrected chi connectivity index (χ4v) is 16.5. The number of phosphoric acid groups is 6. The molecule has 124 heavy (non-hydrogen) atoms. The van der Waals surface area contributed by atoms with Crippen LogP contribution in [0, 0.1) is 23.7 Å². The van der Waals surface area contributed by atoms with Gasteiger partial charge in [0.15, 0.2) is 12.5 Å². The normalized spacial score (nSPS) is 18.9. The zero-order valence-electron chi connectivity index (χ0n) is 65.5. The smallest absolute Gasteiger partial charge is 0.490 e. The Morgan fingerprint density at radius 1 is 0.629 bits per heavy atom. The van der Waals surface area contributed by atoms with Gasteiger partial charge in [-0.1, -0.05) is 46.0 Å². The van der Waals surface area contributed by atoms with Crippen LogP contribution in [-0.4, -0.2) is 244 Å². The number of carbonyl (C=O) groups is 6. The topological polar surface area (TPSA) is 793 Å². The molecule has 61 heteroatoms. The van der Waals surface area contributed by atoms with E-state index in [0.717, 1.165) is 4.57 Å². The van der Waals surface area contributed by atoms with E-state index in [2.05, 4.69) is 107 Å². The van der Waals surface area contributed by atoms with Gasteiger partial charge in [-0.2, -0.15) is 17.9 Å². The van der Waals surface area contributed by atoms with Crippen LogP contribution in [0.1, 0.15) is 83.8 Å². The van der Waals surface area contributed by atoms with Crippen LogP contribution in [0.25, 0.3) is 31.9 Å². The monoisotopic (exact) mass is 1870 g/mol. The van der Waals surface area contributed by atoms with Crippen LogP contribution in [0.5, 0.6) is 11.5 Å². The Morgan fingerprint density at radius 3 is 1.58 bits per heavy atom. The number of nitrogens with zero attached hydrogens (tertiary/aromatic N) is 11. The van der Waals surface area contributed by atoms with Gasteiger partial charge in [-0.05, 0) is 60.8 Å². The van der Waals surface area contributed by atoms with Gasteiger partial charge in [0.25, 0.3) is 19.6 Å². The molecular formula is C63H85N18O37P6-. The summed E-state index contributed by atoms with van der Waals surface area (Å²) in [4.78, 5) is 177. The number of anilines is 2. The van der Waals surface area contributed by atoms with Gasteiger partial charge in [-0.3, -0.25) is 42.2 Å². The molecule has 0 radical (unpaired) electrons. The molecule has 16 N–H and O–H groups in total. The molecule has 3 aromatic heterocycles. The Morgan fingerprint density at radius 2 is 1.10 bits per heavy atom. The molecule has 12 unspecified atom stereocenters. The molecule has 55 nitrogen and oxygen atoms in total. The van der Waals surface area contributed by atoms with Crippen molar-refractivity contribution in [3.63, 3.8) is 0 Å². The second-order valence-corrected chi connectivity index (χ2v) is 33.8. The molecule has 5 amide bonds. The number of hydrogen-bond donors (Lipinski definition) is 14. The Bertz CT molecular complexity index is 5140. The molecule has 0 bridgehead atoms. The average Bonchev–Trinajstić information content (AvgIpc) is 1.61. The first-order chi connectivity index (χ1) is 58.5. The standard InChI is InChI=1S/C32H43N10O18P3.C31H43N8O19P3/c1-20(43)35-9-10-37-32(45)21-5-3-7-23(13-21)56-18-27(40-41-34)55-12-11-54-17-26(44)36-8-4-6-22-15-42(31-29(22)30(33)38-19-39-31)28-14-24(53-2)25(58-28)16-57-62(49,50)60-63(51,52)59-61(46,47)48;1-20(40)6-4-11-35-30(42)21-7-3-9-23(14-21)54-19-27(37-38-33)53-13-12-52-18-26(41)34-10-5-8-22-16-39(31(43)36-29(22)32)28-15-24(51-2)25(56-28)17-55-60(47,48)58-61(49,50)57-59(44,45)46/h3,5,7,13,15,19,24-25,27-28H,8-12,14,16-18H2,1-2H3,(H,35,43)(H,36,44)(H,37,45)(H,49,50)(H,51,52)(H2,33,38,39)(H2,46,47,48);3,7,9,14,16,24-25,27-28H,4,6,10-13,15,17-19H2,1-2H3,(H,34,41)(H,35,42)(H,47,48)(H,49,50)(H2,32,36,43)(H2,44,45,46)/p-1/t;24?,25-,27?,28?/m.0/s1. The minimum absolute atomic E-state index is 0.0259. The molecule has 13 atom stereocenters. The number of methoxy groups -OCH3 is 2. The highest BCUT2D eigenvalue weighted by Crippen LogP contribution is 2.67. The number of azide groups is 2. The molecule has 0 aliphatic carbocycles. The number of aromatic nitrogens is 5. The predicted molar refractivity (Wildman–Crippen MR) is 417 cm³/mol. The number of fused-ring (bicyclic) bond motifs is 1. The molecule has 5 aromatic rings. The maximum absolute atomic E-state index is 12.7. The summed E-state index contributed by atoms with van der Waals surface area (Å²) in [5.74, 6) is 9.37. The maximum atomic E-state index is 12.7. The quantitative estimate of drug-likeness (QED) is 0.00642. The number of Topliss-reactive ketones (excluding diaryl/α,β-unsaturated/α-hetero) is 1. The maximum Gasteiger partial charge on any atom is 0.490 e. The molecule has 2 aromatic carbocycles. The summed E-state index contributed by atoms with van der Waals surface area (Å²) < 4.78 is 151. The second kappa shape index (κ2) is 49.9. The van der Waals surface area contributed by atoms with E-state index in [0.29, 0.717) is 53.0 Å². The first kappa shape index (κ1) is 103. The third-order valence-electron chi connectivity index (χ3n) is 15.7. The van der Waals surface area contributed by atoms with Gasteiger partial charge in [0.05, 0.1) is 81.5 Å². The van der Waals surface area contributed by atoms with Crippen molar-refractivity contribution in [2.24, 2.45) is 10.2 Å². The lowest BCUT2D eigenvalue weighted by molar-refractivity contribution is -0.212. The van der Waals surface area contributed by atoms with Crippen LogP contribution in [-0.2, 0) is 111 Å². The van der Waals surface area contributed by atoms with Crippen LogP contribution in [0.3, 0.4) is 0 Å². The van der Waals surface area contributed by atoms with Gasteiger partial charge >= 0.3 is 44.8 Å². The summed E-state index contributed by atoms with van der Waals surface area (Å²) in [7, 11) is -31.4. The zero-order chi connectivity index (χ0) is 91.4. The van der Waals surface area contributed by atoms with E-state index in [1.807, 2.05) is 0 Å². The molecule has 0 saturated carbocycles. The van der Waals surface area contributed by atoms with Gasteiger partial charge in [0.2, 0.25) is 17.7 Å². The fourth-order valence-electron chi connectivity index (χ4n) is 10.5. The van der Waals surface area contributed by atoms with E-state index in [-0.39, 0.29) is 132 Å². The predicted octanol–water partition coefficient (Wildman–Crippen LogP) is 0.896. The van der Waals surface area contributed by atoms with Crippen molar-refractivity contribution >= 4 is 105 Å².